The molecule has 10 heteroatoms. The average molecular weight is 576 g/mol. The van der Waals surface area contributed by atoms with Gasteiger partial charge in [0.15, 0.2) is 17.8 Å². The molecule has 0 aliphatic carbocycles. The maximum Gasteiger partial charge on any atom is 0.308 e. The lowest BCUT2D eigenvalue weighted by molar-refractivity contribution is -0.148. The minimum Gasteiger partial charge on any atom is -0.481 e. The van der Waals surface area contributed by atoms with Gasteiger partial charge in [-0.25, -0.2) is 0 Å². The van der Waals surface area contributed by atoms with E-state index >= 15 is 0 Å². The van der Waals surface area contributed by atoms with Gasteiger partial charge >= 0.3 is 5.97 Å². The molecule has 41 heavy (non-hydrogen) atoms. The Morgan fingerprint density at radius 1 is 1.02 bits per heavy atom. The lowest BCUT2D eigenvalue weighted by atomic mass is 9.77. The lowest BCUT2D eigenvalue weighted by Gasteiger charge is -2.37. The smallest absolute Gasteiger partial charge is 0.308 e. The number of fused-ring (bicyclic) bond motifs is 1. The molecular weight excluding hydrogens is 526 g/mol. The topological polar surface area (TPSA) is 101 Å². The van der Waals surface area contributed by atoms with E-state index in [4.69, 9.17) is 18.9 Å². The van der Waals surface area contributed by atoms with Crippen LogP contribution >= 0.6 is 0 Å². The first-order chi connectivity index (χ1) is 19.6. The summed E-state index contributed by atoms with van der Waals surface area (Å²) in [6.45, 7) is 10.6. The SMILES string of the molecule is CCCCN(CCCCN(C)C)C(=O)CN1C[C@H](c2ccc3c(c2)OCO3)[C@H](C(=O)O)[C@H]1CC(C)(C)C1OCCO1. The lowest BCUT2D eigenvalue weighted by Crippen LogP contribution is -2.47. The van der Waals surface area contributed by atoms with Gasteiger partial charge < -0.3 is 33.9 Å². The highest BCUT2D eigenvalue weighted by molar-refractivity contribution is 5.79. The van der Waals surface area contributed by atoms with Gasteiger partial charge in [0.1, 0.15) is 0 Å². The molecule has 2 fully saturated rings. The van der Waals surface area contributed by atoms with Crippen molar-refractivity contribution in [2.45, 2.75) is 71.1 Å². The Morgan fingerprint density at radius 3 is 2.39 bits per heavy atom. The molecule has 230 valence electrons. The van der Waals surface area contributed by atoms with Gasteiger partial charge in [-0.3, -0.25) is 14.5 Å². The van der Waals surface area contributed by atoms with Crippen LogP contribution in [0.5, 0.6) is 11.5 Å². The van der Waals surface area contributed by atoms with Crippen molar-refractivity contribution in [1.29, 1.82) is 0 Å². The fourth-order valence-electron chi connectivity index (χ4n) is 6.39. The monoisotopic (exact) mass is 575 g/mol. The number of amides is 1. The molecule has 2 saturated heterocycles. The standard InChI is InChI=1S/C31H49N3O7/c1-6-7-13-33(14-9-8-12-32(4)5)27(35)20-34-19-23(22-10-11-25-26(17-22)41-21-40-25)28(29(36)37)24(34)18-31(2,3)30-38-15-16-39-30/h10-11,17,23-24,28,30H,6-9,12-16,18-21H2,1-5H3,(H,36,37)/t23-,24-,28+/m1/s1. The van der Waals surface area contributed by atoms with E-state index in [1.807, 2.05) is 23.1 Å². The van der Waals surface area contributed by atoms with E-state index < -0.39 is 23.6 Å². The first-order valence-electron chi connectivity index (χ1n) is 15.1. The molecule has 3 atom stereocenters. The Bertz CT molecular complexity index is 1030. The summed E-state index contributed by atoms with van der Waals surface area (Å²) in [6, 6.07) is 5.32. The zero-order chi connectivity index (χ0) is 29.6. The second-order valence-electron chi connectivity index (χ2n) is 12.6. The van der Waals surface area contributed by atoms with E-state index in [9.17, 15) is 14.7 Å². The molecule has 1 aromatic rings. The van der Waals surface area contributed by atoms with Gasteiger partial charge in [0.05, 0.1) is 25.7 Å². The highest BCUT2D eigenvalue weighted by atomic mass is 16.7. The maximum absolute atomic E-state index is 13.8. The van der Waals surface area contributed by atoms with Crippen LogP contribution < -0.4 is 9.47 Å². The molecule has 0 saturated carbocycles. The number of carboxylic acids is 1. The molecule has 3 aliphatic heterocycles. The molecule has 0 unspecified atom stereocenters. The fraction of sp³-hybridized carbons (Fsp3) is 0.742. The summed E-state index contributed by atoms with van der Waals surface area (Å²) in [5.41, 5.74) is 0.452. The molecule has 0 spiro atoms. The van der Waals surface area contributed by atoms with Crippen LogP contribution in [0.15, 0.2) is 18.2 Å². The Morgan fingerprint density at radius 2 is 1.71 bits per heavy atom. The van der Waals surface area contributed by atoms with Gasteiger partial charge in [-0.05, 0) is 64.0 Å². The van der Waals surface area contributed by atoms with Crippen LogP contribution in [0.25, 0.3) is 0 Å². The van der Waals surface area contributed by atoms with E-state index in [0.717, 1.165) is 44.3 Å². The third kappa shape index (κ3) is 7.91. The number of carboxylic acid groups (broad SMARTS) is 1. The van der Waals surface area contributed by atoms with Crippen LogP contribution in [-0.4, -0.2) is 111 Å². The largest absolute Gasteiger partial charge is 0.481 e. The van der Waals surface area contributed by atoms with Crippen molar-refractivity contribution >= 4 is 11.9 Å². The summed E-state index contributed by atoms with van der Waals surface area (Å²) in [5.74, 6) is -0.495. The molecule has 3 aliphatic rings. The number of benzene rings is 1. The van der Waals surface area contributed by atoms with Gasteiger partial charge in [0.25, 0.3) is 0 Å². The molecule has 1 N–H and O–H groups in total. The number of rotatable bonds is 15. The molecule has 3 heterocycles. The zero-order valence-corrected chi connectivity index (χ0v) is 25.5. The number of carbonyl (C=O) groups is 2. The van der Waals surface area contributed by atoms with E-state index in [2.05, 4.69) is 44.7 Å². The summed E-state index contributed by atoms with van der Waals surface area (Å²) in [7, 11) is 4.12. The average Bonchev–Trinajstić information content (AvgIpc) is 3.68. The van der Waals surface area contributed by atoms with Gasteiger partial charge in [-0.15, -0.1) is 0 Å². The minimum atomic E-state index is -0.858. The van der Waals surface area contributed by atoms with Crippen LogP contribution in [-0.2, 0) is 19.1 Å². The third-order valence-corrected chi connectivity index (χ3v) is 8.61. The van der Waals surface area contributed by atoms with Crippen molar-refractivity contribution in [3.63, 3.8) is 0 Å². The predicted octanol–water partition coefficient (Wildman–Crippen LogP) is 3.64. The Kier molecular flexibility index (Phi) is 10.9. The number of aliphatic carboxylic acids is 1. The van der Waals surface area contributed by atoms with Crippen LogP contribution in [0.4, 0.5) is 0 Å². The quantitative estimate of drug-likeness (QED) is 0.314. The van der Waals surface area contributed by atoms with Crippen molar-refractivity contribution in [2.24, 2.45) is 11.3 Å². The molecular formula is C31H49N3O7. The summed E-state index contributed by atoms with van der Waals surface area (Å²) in [4.78, 5) is 33.0. The van der Waals surface area contributed by atoms with Gasteiger partial charge in [-0.1, -0.05) is 33.3 Å². The fourth-order valence-corrected chi connectivity index (χ4v) is 6.39. The van der Waals surface area contributed by atoms with Gasteiger partial charge in [-0.2, -0.15) is 0 Å². The molecule has 1 aromatic carbocycles. The molecule has 10 nitrogen and oxygen atoms in total. The summed E-state index contributed by atoms with van der Waals surface area (Å²) in [5, 5.41) is 10.6. The van der Waals surface area contributed by atoms with Crippen molar-refractivity contribution in [3.8, 4) is 11.5 Å². The second kappa shape index (κ2) is 14.2. The first-order valence-corrected chi connectivity index (χ1v) is 15.1. The number of hydrogen-bond acceptors (Lipinski definition) is 8. The summed E-state index contributed by atoms with van der Waals surface area (Å²) < 4.78 is 22.8. The summed E-state index contributed by atoms with van der Waals surface area (Å²) in [6.07, 6.45) is 4.05. The van der Waals surface area contributed by atoms with Crippen molar-refractivity contribution in [1.82, 2.24) is 14.7 Å². The number of likely N-dealkylation sites (tertiary alicyclic amines) is 1. The van der Waals surface area contributed by atoms with Crippen LogP contribution in [0.1, 0.15) is 64.4 Å². The number of ether oxygens (including phenoxy) is 4. The van der Waals surface area contributed by atoms with Crippen LogP contribution in [0.2, 0.25) is 0 Å². The molecule has 0 bridgehead atoms. The molecule has 4 rings (SSSR count). The van der Waals surface area contributed by atoms with Gasteiger partial charge in [0, 0.05) is 37.0 Å². The highest BCUT2D eigenvalue weighted by Crippen LogP contribution is 2.46. The predicted molar refractivity (Wildman–Crippen MR) is 155 cm³/mol. The number of nitrogens with zero attached hydrogens (tertiary/aromatic N) is 3. The number of unbranched alkanes of at least 4 members (excludes halogenated alkanes) is 2. The maximum atomic E-state index is 13.8. The van der Waals surface area contributed by atoms with Crippen molar-refractivity contribution in [3.05, 3.63) is 23.8 Å². The molecule has 1 amide bonds. The third-order valence-electron chi connectivity index (χ3n) is 8.61. The zero-order valence-electron chi connectivity index (χ0n) is 25.5. The van der Waals surface area contributed by atoms with E-state index in [1.165, 1.54) is 0 Å². The first kappa shape index (κ1) is 31.5. The minimum absolute atomic E-state index is 0.0648. The van der Waals surface area contributed by atoms with Crippen molar-refractivity contribution < 1.29 is 33.6 Å². The van der Waals surface area contributed by atoms with Gasteiger partial charge in [0.2, 0.25) is 12.7 Å². The number of hydrogen-bond donors (Lipinski definition) is 1. The molecule has 0 radical (unpaired) electrons. The Labute approximate surface area is 244 Å². The second-order valence-corrected chi connectivity index (χ2v) is 12.6. The van der Waals surface area contributed by atoms with Crippen LogP contribution in [0, 0.1) is 11.3 Å². The van der Waals surface area contributed by atoms with Crippen molar-refractivity contribution in [2.75, 3.05) is 66.8 Å². The Balaban J connectivity index is 1.58. The summed E-state index contributed by atoms with van der Waals surface area (Å²) >= 11 is 0. The van der Waals surface area contributed by atoms with E-state index in [0.29, 0.717) is 44.2 Å². The Hall–Kier alpha value is -2.40. The normalized spacial score (nSPS) is 23.0. The van der Waals surface area contributed by atoms with Crippen LogP contribution in [0.3, 0.4) is 0 Å². The number of carbonyl (C=O) groups excluding carboxylic acids is 1. The highest BCUT2D eigenvalue weighted by Gasteiger charge is 2.50. The van der Waals surface area contributed by atoms with E-state index in [-0.39, 0.29) is 31.2 Å². The molecule has 0 aromatic heterocycles. The van der Waals surface area contributed by atoms with E-state index in [1.54, 1.807) is 0 Å².